The molecule has 1 fully saturated rings. The molecule has 0 radical (unpaired) electrons. The van der Waals surface area contributed by atoms with E-state index < -0.39 is 17.6 Å². The summed E-state index contributed by atoms with van der Waals surface area (Å²) in [7, 11) is 0. The molecule has 2 heterocycles. The summed E-state index contributed by atoms with van der Waals surface area (Å²) in [5, 5.41) is 7.51. The van der Waals surface area contributed by atoms with Crippen molar-refractivity contribution in [2.75, 3.05) is 23.3 Å². The van der Waals surface area contributed by atoms with Crippen LogP contribution in [0.5, 0.6) is 0 Å². The van der Waals surface area contributed by atoms with Crippen molar-refractivity contribution in [3.05, 3.63) is 64.1 Å². The number of anilines is 2. The number of benzene rings is 2. The average molecular weight is 444 g/mol. The maximum Gasteiger partial charge on any atom is 0.416 e. The van der Waals surface area contributed by atoms with Gasteiger partial charge in [0.25, 0.3) is 11.5 Å². The molecule has 168 valence electrons. The monoisotopic (exact) mass is 444 g/mol. The Morgan fingerprint density at radius 3 is 2.41 bits per heavy atom. The first-order valence-corrected chi connectivity index (χ1v) is 10.6. The number of nitrogens with zero attached hydrogens (tertiary/aromatic N) is 3. The summed E-state index contributed by atoms with van der Waals surface area (Å²) in [5.74, 6) is -0.666. The fourth-order valence-corrected chi connectivity index (χ4v) is 4.02. The number of carbonyl (C=O) groups is 1. The zero-order valence-electron chi connectivity index (χ0n) is 17.6. The van der Waals surface area contributed by atoms with Gasteiger partial charge >= 0.3 is 6.18 Å². The SMILES string of the molecule is CCn1nc(C(=O)Nc2cc(C(F)(F)F)ccc2N2CCCCC2)c2ccccc2c1=O. The van der Waals surface area contributed by atoms with Crippen LogP contribution in [0.25, 0.3) is 10.8 Å². The molecule has 0 unspecified atom stereocenters. The molecule has 2 aromatic carbocycles. The number of hydrogen-bond donors (Lipinski definition) is 1. The first-order chi connectivity index (χ1) is 15.3. The highest BCUT2D eigenvalue weighted by molar-refractivity contribution is 6.12. The van der Waals surface area contributed by atoms with Crippen molar-refractivity contribution < 1.29 is 18.0 Å². The van der Waals surface area contributed by atoms with Gasteiger partial charge in [-0.2, -0.15) is 18.3 Å². The Balaban J connectivity index is 1.79. The number of carbonyl (C=O) groups excluding carboxylic acids is 1. The first kappa shape index (κ1) is 21.9. The van der Waals surface area contributed by atoms with Crippen molar-refractivity contribution in [3.8, 4) is 0 Å². The van der Waals surface area contributed by atoms with Gasteiger partial charge in [0.2, 0.25) is 0 Å². The minimum absolute atomic E-state index is 0.0101. The molecule has 0 bridgehead atoms. The lowest BCUT2D eigenvalue weighted by Gasteiger charge is -2.31. The van der Waals surface area contributed by atoms with Crippen LogP contribution < -0.4 is 15.8 Å². The second kappa shape index (κ2) is 8.64. The molecule has 1 aliphatic heterocycles. The van der Waals surface area contributed by atoms with Crippen LogP contribution in [0.2, 0.25) is 0 Å². The molecule has 4 rings (SSSR count). The molecule has 0 atom stereocenters. The summed E-state index contributed by atoms with van der Waals surface area (Å²) < 4.78 is 41.3. The van der Waals surface area contributed by atoms with Gasteiger partial charge in [-0.05, 0) is 50.5 Å². The van der Waals surface area contributed by atoms with Crippen LogP contribution in [0.1, 0.15) is 42.2 Å². The van der Waals surface area contributed by atoms with E-state index >= 15 is 0 Å². The van der Waals surface area contributed by atoms with Gasteiger partial charge < -0.3 is 10.2 Å². The van der Waals surface area contributed by atoms with Crippen molar-refractivity contribution in [1.29, 1.82) is 0 Å². The van der Waals surface area contributed by atoms with E-state index in [4.69, 9.17) is 0 Å². The van der Waals surface area contributed by atoms with Gasteiger partial charge in [0, 0.05) is 25.0 Å². The lowest BCUT2D eigenvalue weighted by atomic mass is 10.1. The topological polar surface area (TPSA) is 67.2 Å². The number of rotatable bonds is 4. The van der Waals surface area contributed by atoms with Crippen LogP contribution in [0.4, 0.5) is 24.5 Å². The Kier molecular flexibility index (Phi) is 5.90. The number of alkyl halides is 3. The number of amides is 1. The van der Waals surface area contributed by atoms with Crippen molar-refractivity contribution in [3.63, 3.8) is 0 Å². The molecule has 1 amide bonds. The summed E-state index contributed by atoms with van der Waals surface area (Å²) in [4.78, 5) is 27.7. The van der Waals surface area contributed by atoms with E-state index in [0.29, 0.717) is 29.5 Å². The molecule has 1 aliphatic rings. The Morgan fingerprint density at radius 2 is 1.75 bits per heavy atom. The van der Waals surface area contributed by atoms with Gasteiger partial charge in [0.1, 0.15) is 0 Å². The molecule has 0 aliphatic carbocycles. The Labute approximate surface area is 182 Å². The highest BCUT2D eigenvalue weighted by Gasteiger charge is 2.32. The summed E-state index contributed by atoms with van der Waals surface area (Å²) in [6.45, 7) is 3.39. The van der Waals surface area contributed by atoms with E-state index in [2.05, 4.69) is 10.4 Å². The lowest BCUT2D eigenvalue weighted by Crippen LogP contribution is -2.31. The maximum atomic E-state index is 13.4. The predicted octanol–water partition coefficient (Wildman–Crippen LogP) is 4.68. The van der Waals surface area contributed by atoms with E-state index in [1.54, 1.807) is 31.2 Å². The molecule has 6 nitrogen and oxygen atoms in total. The third-order valence-electron chi connectivity index (χ3n) is 5.65. The molecule has 0 saturated carbocycles. The average Bonchev–Trinajstić information content (AvgIpc) is 2.79. The third kappa shape index (κ3) is 4.19. The number of hydrogen-bond acceptors (Lipinski definition) is 4. The van der Waals surface area contributed by atoms with Crippen molar-refractivity contribution in [1.82, 2.24) is 9.78 Å². The zero-order chi connectivity index (χ0) is 22.9. The molecular weight excluding hydrogens is 421 g/mol. The van der Waals surface area contributed by atoms with E-state index in [1.165, 1.54) is 10.7 Å². The number of nitrogens with one attached hydrogen (secondary N) is 1. The van der Waals surface area contributed by atoms with Crippen molar-refractivity contribution >= 4 is 28.1 Å². The number of piperidine rings is 1. The van der Waals surface area contributed by atoms with Crippen LogP contribution in [0.15, 0.2) is 47.3 Å². The number of aromatic nitrogens is 2. The Morgan fingerprint density at radius 1 is 1.06 bits per heavy atom. The van der Waals surface area contributed by atoms with Crippen LogP contribution >= 0.6 is 0 Å². The zero-order valence-corrected chi connectivity index (χ0v) is 17.6. The van der Waals surface area contributed by atoms with Gasteiger partial charge in [-0.1, -0.05) is 18.2 Å². The van der Waals surface area contributed by atoms with E-state index in [1.807, 2.05) is 4.90 Å². The normalized spacial score (nSPS) is 14.6. The number of halogens is 3. The summed E-state index contributed by atoms with van der Waals surface area (Å²) in [6.07, 6.45) is -1.61. The number of fused-ring (bicyclic) bond motifs is 1. The van der Waals surface area contributed by atoms with Crippen molar-refractivity contribution in [2.45, 2.75) is 38.9 Å². The molecule has 1 saturated heterocycles. The highest BCUT2D eigenvalue weighted by Crippen LogP contribution is 2.36. The first-order valence-electron chi connectivity index (χ1n) is 10.6. The standard InChI is InChI=1S/C23H23F3N4O2/c1-2-30-22(32)17-9-5-4-8-16(17)20(28-30)21(31)27-18-14-15(23(24,25)26)10-11-19(18)29-12-6-3-7-13-29/h4-5,8-11,14H,2-3,6-7,12-13H2,1H3,(H,27,31). The predicted molar refractivity (Wildman–Crippen MR) is 117 cm³/mol. The van der Waals surface area contributed by atoms with Gasteiger partial charge in [-0.3, -0.25) is 9.59 Å². The number of aryl methyl sites for hydroxylation is 1. The minimum atomic E-state index is -4.54. The summed E-state index contributed by atoms with van der Waals surface area (Å²) >= 11 is 0. The third-order valence-corrected chi connectivity index (χ3v) is 5.65. The molecule has 1 N–H and O–H groups in total. The Hall–Kier alpha value is -3.36. The van der Waals surface area contributed by atoms with E-state index in [9.17, 15) is 22.8 Å². The smallest absolute Gasteiger partial charge is 0.370 e. The summed E-state index contributed by atoms with van der Waals surface area (Å²) in [5.41, 5.74) is -0.562. The van der Waals surface area contributed by atoms with E-state index in [-0.39, 0.29) is 23.5 Å². The fraction of sp³-hybridized carbons (Fsp3) is 0.348. The summed E-state index contributed by atoms with van der Waals surface area (Å²) in [6, 6.07) is 9.97. The van der Waals surface area contributed by atoms with Gasteiger partial charge in [0.05, 0.1) is 22.3 Å². The minimum Gasteiger partial charge on any atom is -0.370 e. The van der Waals surface area contributed by atoms with Crippen LogP contribution in [0.3, 0.4) is 0 Å². The fourth-order valence-electron chi connectivity index (χ4n) is 4.02. The second-order valence-corrected chi connectivity index (χ2v) is 7.75. The van der Waals surface area contributed by atoms with Gasteiger partial charge in [-0.25, -0.2) is 4.68 Å². The highest BCUT2D eigenvalue weighted by atomic mass is 19.4. The van der Waals surface area contributed by atoms with Crippen LogP contribution in [-0.4, -0.2) is 28.8 Å². The molecule has 32 heavy (non-hydrogen) atoms. The van der Waals surface area contributed by atoms with Gasteiger partial charge in [-0.15, -0.1) is 0 Å². The molecule has 9 heteroatoms. The second-order valence-electron chi connectivity index (χ2n) is 7.75. The quantitative estimate of drug-likeness (QED) is 0.635. The largest absolute Gasteiger partial charge is 0.416 e. The van der Waals surface area contributed by atoms with Crippen molar-refractivity contribution in [2.24, 2.45) is 0 Å². The molecule has 0 spiro atoms. The molecular formula is C23H23F3N4O2. The van der Waals surface area contributed by atoms with E-state index in [0.717, 1.165) is 31.4 Å². The van der Waals surface area contributed by atoms with Crippen LogP contribution in [-0.2, 0) is 12.7 Å². The maximum absolute atomic E-state index is 13.4. The van der Waals surface area contributed by atoms with Gasteiger partial charge in [0.15, 0.2) is 5.69 Å². The van der Waals surface area contributed by atoms with Crippen LogP contribution in [0, 0.1) is 0 Å². The molecule has 3 aromatic rings. The lowest BCUT2D eigenvalue weighted by molar-refractivity contribution is -0.137. The Bertz CT molecular complexity index is 1210. The molecule has 1 aromatic heterocycles.